The summed E-state index contributed by atoms with van der Waals surface area (Å²) in [7, 11) is 0. The van der Waals surface area contributed by atoms with Crippen LogP contribution < -0.4 is 10.6 Å². The summed E-state index contributed by atoms with van der Waals surface area (Å²) in [5.41, 5.74) is 2.56. The van der Waals surface area contributed by atoms with Crippen LogP contribution in [0.15, 0.2) is 72.6 Å². The van der Waals surface area contributed by atoms with E-state index in [1.54, 1.807) is 23.1 Å². The molecular formula is C31H34F3N5O2. The first-order valence-corrected chi connectivity index (χ1v) is 13.8. The van der Waals surface area contributed by atoms with Crippen LogP contribution >= 0.6 is 0 Å². The predicted octanol–water partition coefficient (Wildman–Crippen LogP) is 5.48. The Morgan fingerprint density at radius 1 is 1.10 bits per heavy atom. The standard InChI is InChI=1S/C31H34F3N5O2/c1-30(2,3)37-29(41)39-16-13-24-23(20-7-6-8-21(17-20)31(32,33)34)10-11-25(26(24)19-39)28(40)35-14-12-22-18-38-15-5-4-9-27(38)36-22/h4-11,15,17-18,25-26H,12-14,16,19H2,1-3H3,(H,35,40)(H,37,41). The smallest absolute Gasteiger partial charge is 0.355 e. The highest BCUT2D eigenvalue weighted by molar-refractivity contribution is 5.87. The molecule has 0 bridgehead atoms. The Hall–Kier alpha value is -4.08. The van der Waals surface area contributed by atoms with Crippen LogP contribution in [-0.2, 0) is 17.4 Å². The fraction of sp³-hybridized carbons (Fsp3) is 0.387. The zero-order valence-electron chi connectivity index (χ0n) is 23.3. The number of likely N-dealkylation sites (tertiary alicyclic amines) is 1. The minimum Gasteiger partial charge on any atom is -0.355 e. The SMILES string of the molecule is CC(C)(C)NC(=O)N1CCC2=C(c3cccc(C(F)(F)F)c3)C=CC(C(=O)NCCc3cn4ccccc4n3)C2C1. The molecule has 10 heteroatoms. The molecule has 3 aromatic rings. The maximum absolute atomic E-state index is 13.5. The monoisotopic (exact) mass is 565 g/mol. The van der Waals surface area contributed by atoms with E-state index in [0.29, 0.717) is 37.1 Å². The molecular weight excluding hydrogens is 531 g/mol. The molecule has 2 atom stereocenters. The molecule has 2 N–H and O–H groups in total. The van der Waals surface area contributed by atoms with Crippen LogP contribution in [0.3, 0.4) is 0 Å². The van der Waals surface area contributed by atoms with Gasteiger partial charge in [0.05, 0.1) is 17.2 Å². The molecule has 216 valence electrons. The van der Waals surface area contributed by atoms with E-state index in [1.807, 2.05) is 55.8 Å². The molecule has 2 unspecified atom stereocenters. The number of pyridine rings is 1. The van der Waals surface area contributed by atoms with Crippen LogP contribution in [0.2, 0.25) is 0 Å². The average molecular weight is 566 g/mol. The van der Waals surface area contributed by atoms with Crippen molar-refractivity contribution in [3.8, 4) is 0 Å². The van der Waals surface area contributed by atoms with E-state index < -0.39 is 23.2 Å². The lowest BCUT2D eigenvalue weighted by Crippen LogP contribution is -2.53. The average Bonchev–Trinajstić information content (AvgIpc) is 3.33. The number of alkyl halides is 3. The van der Waals surface area contributed by atoms with Crippen molar-refractivity contribution in [2.75, 3.05) is 19.6 Å². The Bertz CT molecular complexity index is 1480. The number of imidazole rings is 1. The van der Waals surface area contributed by atoms with E-state index in [9.17, 15) is 22.8 Å². The van der Waals surface area contributed by atoms with E-state index >= 15 is 0 Å². The van der Waals surface area contributed by atoms with E-state index in [-0.39, 0.29) is 24.4 Å². The summed E-state index contributed by atoms with van der Waals surface area (Å²) in [5, 5.41) is 5.99. The number of hydrogen-bond donors (Lipinski definition) is 2. The van der Waals surface area contributed by atoms with Gasteiger partial charge >= 0.3 is 12.2 Å². The number of aromatic nitrogens is 2. The van der Waals surface area contributed by atoms with Gasteiger partial charge in [0, 0.05) is 49.9 Å². The van der Waals surface area contributed by atoms with Gasteiger partial charge in [0.15, 0.2) is 0 Å². The largest absolute Gasteiger partial charge is 0.416 e. The van der Waals surface area contributed by atoms with Crippen LogP contribution in [-0.4, -0.2) is 51.4 Å². The van der Waals surface area contributed by atoms with Crippen molar-refractivity contribution in [1.82, 2.24) is 24.9 Å². The predicted molar refractivity (Wildman–Crippen MR) is 151 cm³/mol. The van der Waals surface area contributed by atoms with Crippen LogP contribution in [0.5, 0.6) is 0 Å². The molecule has 0 radical (unpaired) electrons. The molecule has 1 aromatic carbocycles. The molecule has 2 aromatic heterocycles. The Kier molecular flexibility index (Phi) is 7.68. The zero-order valence-corrected chi connectivity index (χ0v) is 23.3. The van der Waals surface area contributed by atoms with E-state index in [4.69, 9.17) is 0 Å². The number of nitrogens with zero attached hydrogens (tertiary/aromatic N) is 3. The first-order chi connectivity index (χ1) is 19.4. The number of nitrogens with one attached hydrogen (secondary N) is 2. The Morgan fingerprint density at radius 2 is 1.90 bits per heavy atom. The number of rotatable bonds is 5. The van der Waals surface area contributed by atoms with Gasteiger partial charge in [-0.25, -0.2) is 9.78 Å². The number of piperidine rings is 1. The highest BCUT2D eigenvalue weighted by Gasteiger charge is 2.39. The first-order valence-electron chi connectivity index (χ1n) is 13.8. The number of urea groups is 1. The lowest BCUT2D eigenvalue weighted by Gasteiger charge is -2.41. The van der Waals surface area contributed by atoms with E-state index in [0.717, 1.165) is 29.0 Å². The van der Waals surface area contributed by atoms with Gasteiger partial charge in [-0.05, 0) is 62.6 Å². The van der Waals surface area contributed by atoms with Crippen molar-refractivity contribution in [3.63, 3.8) is 0 Å². The first kappa shape index (κ1) is 28.4. The lowest BCUT2D eigenvalue weighted by atomic mass is 9.73. The van der Waals surface area contributed by atoms with Crippen molar-refractivity contribution < 1.29 is 22.8 Å². The molecule has 1 aliphatic heterocycles. The minimum absolute atomic E-state index is 0.186. The van der Waals surface area contributed by atoms with Crippen molar-refractivity contribution >= 4 is 23.2 Å². The van der Waals surface area contributed by atoms with Crippen molar-refractivity contribution in [2.24, 2.45) is 11.8 Å². The topological polar surface area (TPSA) is 78.7 Å². The molecule has 1 aliphatic carbocycles. The molecule has 1 saturated heterocycles. The van der Waals surface area contributed by atoms with Crippen LogP contribution in [0.4, 0.5) is 18.0 Å². The quantitative estimate of drug-likeness (QED) is 0.430. The third kappa shape index (κ3) is 6.47. The number of carbonyl (C=O) groups is 2. The van der Waals surface area contributed by atoms with Gasteiger partial charge in [0.1, 0.15) is 5.65 Å². The second kappa shape index (κ2) is 11.1. The highest BCUT2D eigenvalue weighted by Crippen LogP contribution is 2.41. The molecule has 0 spiro atoms. The third-order valence-electron chi connectivity index (χ3n) is 7.43. The molecule has 0 saturated carbocycles. The fourth-order valence-electron chi connectivity index (χ4n) is 5.52. The minimum atomic E-state index is -4.46. The summed E-state index contributed by atoms with van der Waals surface area (Å²) in [4.78, 5) is 32.8. The van der Waals surface area contributed by atoms with Crippen LogP contribution in [0.1, 0.15) is 44.0 Å². The summed E-state index contributed by atoms with van der Waals surface area (Å²) >= 11 is 0. The number of benzene rings is 1. The van der Waals surface area contributed by atoms with Gasteiger partial charge in [-0.2, -0.15) is 13.2 Å². The molecule has 5 rings (SSSR count). The van der Waals surface area contributed by atoms with Gasteiger partial charge in [-0.3, -0.25) is 4.79 Å². The lowest BCUT2D eigenvalue weighted by molar-refractivity contribution is -0.137. The number of halogens is 3. The Balaban J connectivity index is 1.37. The van der Waals surface area contributed by atoms with Gasteiger partial charge in [-0.1, -0.05) is 35.9 Å². The van der Waals surface area contributed by atoms with Crippen LogP contribution in [0.25, 0.3) is 11.2 Å². The maximum Gasteiger partial charge on any atom is 0.416 e. The second-order valence-corrected chi connectivity index (χ2v) is 11.6. The molecule has 3 amide bonds. The van der Waals surface area contributed by atoms with Gasteiger partial charge in [0.25, 0.3) is 0 Å². The molecule has 1 fully saturated rings. The summed E-state index contributed by atoms with van der Waals surface area (Å²) in [5.74, 6) is -1.11. The van der Waals surface area contributed by atoms with E-state index in [1.165, 1.54) is 6.07 Å². The van der Waals surface area contributed by atoms with Gasteiger partial charge in [-0.15, -0.1) is 0 Å². The van der Waals surface area contributed by atoms with Gasteiger partial charge < -0.3 is 19.9 Å². The summed E-state index contributed by atoms with van der Waals surface area (Å²) in [6.07, 6.45) is 3.91. The highest BCUT2D eigenvalue weighted by atomic mass is 19.4. The molecule has 3 heterocycles. The number of hydrogen-bond acceptors (Lipinski definition) is 3. The fourth-order valence-corrected chi connectivity index (χ4v) is 5.52. The van der Waals surface area contributed by atoms with Crippen molar-refractivity contribution in [2.45, 2.75) is 45.3 Å². The number of carbonyl (C=O) groups excluding carboxylic acids is 2. The second-order valence-electron chi connectivity index (χ2n) is 11.6. The molecule has 7 nitrogen and oxygen atoms in total. The number of fused-ring (bicyclic) bond motifs is 2. The van der Waals surface area contributed by atoms with Crippen molar-refractivity contribution in [3.05, 3.63) is 89.4 Å². The van der Waals surface area contributed by atoms with Crippen LogP contribution in [0, 0.1) is 11.8 Å². The third-order valence-corrected chi connectivity index (χ3v) is 7.43. The normalized spacial score (nSPS) is 19.3. The number of amides is 3. The number of allylic oxidation sites excluding steroid dienone is 2. The van der Waals surface area contributed by atoms with Gasteiger partial charge in [0.2, 0.25) is 5.91 Å². The summed E-state index contributed by atoms with van der Waals surface area (Å²) in [6, 6.07) is 10.8. The molecule has 41 heavy (non-hydrogen) atoms. The Morgan fingerprint density at radius 3 is 2.63 bits per heavy atom. The molecule has 2 aliphatic rings. The zero-order chi connectivity index (χ0) is 29.4. The summed E-state index contributed by atoms with van der Waals surface area (Å²) < 4.78 is 42.3. The summed E-state index contributed by atoms with van der Waals surface area (Å²) in [6.45, 7) is 6.77. The Labute approximate surface area is 237 Å². The van der Waals surface area contributed by atoms with Crippen molar-refractivity contribution in [1.29, 1.82) is 0 Å². The maximum atomic E-state index is 13.5. The van der Waals surface area contributed by atoms with E-state index in [2.05, 4.69) is 15.6 Å².